The molecule has 0 bridgehead atoms. The molecule has 0 saturated carbocycles. The molecule has 5 nitrogen and oxygen atoms in total. The van der Waals surface area contributed by atoms with E-state index in [9.17, 15) is 9.90 Å². The summed E-state index contributed by atoms with van der Waals surface area (Å²) in [5, 5.41) is 9.50. The number of nitrogens with zero attached hydrogens (tertiary/aromatic N) is 2. The van der Waals surface area contributed by atoms with Gasteiger partial charge in [0.05, 0.1) is 30.2 Å². The first-order valence-electron chi connectivity index (χ1n) is 7.93. The molecule has 3 rings (SSSR count). The maximum Gasteiger partial charge on any atom is 0.254 e. The third-order valence-corrected chi connectivity index (χ3v) is 4.29. The molecule has 120 valence electrons. The molecule has 1 aromatic heterocycles. The molecule has 5 heteroatoms. The molecule has 1 aromatic carbocycles. The Kier molecular flexibility index (Phi) is 4.57. The van der Waals surface area contributed by atoms with Crippen molar-refractivity contribution >= 4 is 11.6 Å². The van der Waals surface area contributed by atoms with Gasteiger partial charge in [-0.05, 0) is 43.5 Å². The standard InChI is InChI=1S/C18H21N3O2/c19-15-7-8-17(20-11-15)13-4-3-5-14(10-13)18(23)21-9-2-1-6-16(21)12-22/h3-5,7-8,10-11,16,22H,1-2,6,9,12,19H2. The van der Waals surface area contributed by atoms with Crippen LogP contribution in [0, 0.1) is 0 Å². The van der Waals surface area contributed by atoms with Crippen molar-refractivity contribution < 1.29 is 9.90 Å². The van der Waals surface area contributed by atoms with Crippen LogP contribution in [0.1, 0.15) is 29.6 Å². The van der Waals surface area contributed by atoms with Gasteiger partial charge in [0.25, 0.3) is 5.91 Å². The number of pyridine rings is 1. The zero-order valence-corrected chi connectivity index (χ0v) is 13.0. The highest BCUT2D eigenvalue weighted by atomic mass is 16.3. The topological polar surface area (TPSA) is 79.5 Å². The number of nitrogens with two attached hydrogens (primary N) is 1. The Balaban J connectivity index is 1.86. The molecule has 1 fully saturated rings. The number of aliphatic hydroxyl groups excluding tert-OH is 1. The quantitative estimate of drug-likeness (QED) is 0.911. The number of benzene rings is 1. The van der Waals surface area contributed by atoms with Crippen molar-refractivity contribution in [2.75, 3.05) is 18.9 Å². The lowest BCUT2D eigenvalue weighted by molar-refractivity contribution is 0.0503. The minimum Gasteiger partial charge on any atom is -0.397 e. The second-order valence-electron chi connectivity index (χ2n) is 5.89. The normalized spacial score (nSPS) is 18.0. The lowest BCUT2D eigenvalue weighted by atomic mass is 10.0. The van der Waals surface area contributed by atoms with E-state index in [1.807, 2.05) is 30.3 Å². The van der Waals surface area contributed by atoms with Crippen molar-refractivity contribution in [2.24, 2.45) is 0 Å². The molecule has 1 saturated heterocycles. The summed E-state index contributed by atoms with van der Waals surface area (Å²) in [6.45, 7) is 0.722. The number of amides is 1. The molecular formula is C18H21N3O2. The van der Waals surface area contributed by atoms with E-state index in [2.05, 4.69) is 4.98 Å². The van der Waals surface area contributed by atoms with E-state index in [1.165, 1.54) is 0 Å². The highest BCUT2D eigenvalue weighted by Crippen LogP contribution is 2.23. The Hall–Kier alpha value is -2.40. The number of anilines is 1. The number of aromatic nitrogens is 1. The number of hydrogen-bond donors (Lipinski definition) is 2. The third-order valence-electron chi connectivity index (χ3n) is 4.29. The highest BCUT2D eigenvalue weighted by Gasteiger charge is 2.26. The van der Waals surface area contributed by atoms with Gasteiger partial charge in [-0.15, -0.1) is 0 Å². The fraction of sp³-hybridized carbons (Fsp3) is 0.333. The molecule has 1 atom stereocenters. The average Bonchev–Trinajstić information content (AvgIpc) is 2.62. The van der Waals surface area contributed by atoms with Crippen molar-refractivity contribution in [3.8, 4) is 11.3 Å². The van der Waals surface area contributed by atoms with E-state index in [-0.39, 0.29) is 18.6 Å². The Morgan fingerprint density at radius 1 is 1.30 bits per heavy atom. The summed E-state index contributed by atoms with van der Waals surface area (Å²) in [7, 11) is 0. The van der Waals surface area contributed by atoms with E-state index < -0.39 is 0 Å². The predicted molar refractivity (Wildman–Crippen MR) is 89.8 cm³/mol. The minimum atomic E-state index is -0.0745. The van der Waals surface area contributed by atoms with Gasteiger partial charge in [-0.25, -0.2) is 0 Å². The van der Waals surface area contributed by atoms with Gasteiger partial charge in [0.15, 0.2) is 0 Å². The van der Waals surface area contributed by atoms with Crippen LogP contribution in [-0.2, 0) is 0 Å². The first-order valence-corrected chi connectivity index (χ1v) is 7.93. The fourth-order valence-corrected chi connectivity index (χ4v) is 3.01. The summed E-state index contributed by atoms with van der Waals surface area (Å²) in [5.41, 5.74) is 8.57. The number of hydrogen-bond acceptors (Lipinski definition) is 4. The lowest BCUT2D eigenvalue weighted by Crippen LogP contribution is -2.45. The molecule has 2 aromatic rings. The summed E-state index contributed by atoms with van der Waals surface area (Å²) >= 11 is 0. The van der Waals surface area contributed by atoms with Crippen LogP contribution in [-0.4, -0.2) is 40.1 Å². The van der Waals surface area contributed by atoms with Gasteiger partial charge < -0.3 is 15.7 Å². The number of carbonyl (C=O) groups is 1. The van der Waals surface area contributed by atoms with Gasteiger partial charge in [-0.2, -0.15) is 0 Å². The molecule has 1 unspecified atom stereocenters. The van der Waals surface area contributed by atoms with Crippen molar-refractivity contribution in [3.05, 3.63) is 48.2 Å². The lowest BCUT2D eigenvalue weighted by Gasteiger charge is -2.34. The van der Waals surface area contributed by atoms with Crippen LogP contribution in [0.5, 0.6) is 0 Å². The van der Waals surface area contributed by atoms with Crippen molar-refractivity contribution in [1.29, 1.82) is 0 Å². The van der Waals surface area contributed by atoms with Crippen molar-refractivity contribution in [1.82, 2.24) is 9.88 Å². The first-order chi connectivity index (χ1) is 11.2. The molecule has 2 heterocycles. The maximum absolute atomic E-state index is 12.8. The monoisotopic (exact) mass is 311 g/mol. The molecule has 3 N–H and O–H groups in total. The van der Waals surface area contributed by atoms with Gasteiger partial charge in [0, 0.05) is 17.7 Å². The summed E-state index contributed by atoms with van der Waals surface area (Å²) in [6, 6.07) is 11.0. The van der Waals surface area contributed by atoms with E-state index in [0.717, 1.165) is 30.5 Å². The first kappa shape index (κ1) is 15.5. The van der Waals surface area contributed by atoms with Crippen molar-refractivity contribution in [3.63, 3.8) is 0 Å². The minimum absolute atomic E-state index is 0.0188. The largest absolute Gasteiger partial charge is 0.397 e. The molecule has 0 radical (unpaired) electrons. The van der Waals surface area contributed by atoms with Crippen molar-refractivity contribution in [2.45, 2.75) is 25.3 Å². The van der Waals surface area contributed by atoms with Crippen LogP contribution in [0.4, 0.5) is 5.69 Å². The Labute approximate surface area is 135 Å². The maximum atomic E-state index is 12.8. The number of carbonyl (C=O) groups excluding carboxylic acids is 1. The molecule has 0 aliphatic carbocycles. The number of piperidine rings is 1. The average molecular weight is 311 g/mol. The second kappa shape index (κ2) is 6.79. The molecule has 1 aliphatic heterocycles. The van der Waals surface area contributed by atoms with E-state index in [4.69, 9.17) is 5.73 Å². The number of likely N-dealkylation sites (tertiary alicyclic amines) is 1. The van der Waals surface area contributed by atoms with Gasteiger partial charge in [-0.1, -0.05) is 12.1 Å². The Bertz CT molecular complexity index is 685. The number of nitrogen functional groups attached to an aromatic ring is 1. The van der Waals surface area contributed by atoms with Gasteiger partial charge >= 0.3 is 0 Å². The molecule has 1 amide bonds. The highest BCUT2D eigenvalue weighted by molar-refractivity contribution is 5.95. The van der Waals surface area contributed by atoms with Crippen LogP contribution >= 0.6 is 0 Å². The third kappa shape index (κ3) is 3.35. The molecule has 0 spiro atoms. The van der Waals surface area contributed by atoms with Crippen LogP contribution in [0.25, 0.3) is 11.3 Å². The van der Waals surface area contributed by atoms with Gasteiger partial charge in [-0.3, -0.25) is 9.78 Å². The van der Waals surface area contributed by atoms with Gasteiger partial charge in [0.1, 0.15) is 0 Å². The fourth-order valence-electron chi connectivity index (χ4n) is 3.01. The van der Waals surface area contributed by atoms with Gasteiger partial charge in [0.2, 0.25) is 0 Å². The van der Waals surface area contributed by atoms with E-state index in [1.54, 1.807) is 17.2 Å². The molecule has 1 aliphatic rings. The Morgan fingerprint density at radius 3 is 2.91 bits per heavy atom. The van der Waals surface area contributed by atoms with Crippen LogP contribution in [0.2, 0.25) is 0 Å². The van der Waals surface area contributed by atoms with Crippen LogP contribution < -0.4 is 5.73 Å². The zero-order valence-electron chi connectivity index (χ0n) is 13.0. The Morgan fingerprint density at radius 2 is 2.17 bits per heavy atom. The van der Waals surface area contributed by atoms with E-state index >= 15 is 0 Å². The predicted octanol–water partition coefficient (Wildman–Crippen LogP) is 2.32. The molecular weight excluding hydrogens is 290 g/mol. The molecule has 23 heavy (non-hydrogen) atoms. The summed E-state index contributed by atoms with van der Waals surface area (Å²) in [5.74, 6) is -0.0268. The van der Waals surface area contributed by atoms with Crippen LogP contribution in [0.15, 0.2) is 42.6 Å². The summed E-state index contributed by atoms with van der Waals surface area (Å²) in [4.78, 5) is 18.9. The smallest absolute Gasteiger partial charge is 0.254 e. The summed E-state index contributed by atoms with van der Waals surface area (Å²) in [6.07, 6.45) is 4.52. The number of aliphatic hydroxyl groups is 1. The zero-order chi connectivity index (χ0) is 16.2. The number of rotatable bonds is 3. The van der Waals surface area contributed by atoms with E-state index in [0.29, 0.717) is 17.8 Å². The SMILES string of the molecule is Nc1ccc(-c2cccc(C(=O)N3CCCCC3CO)c2)nc1. The van der Waals surface area contributed by atoms with Crippen LogP contribution in [0.3, 0.4) is 0 Å². The summed E-state index contributed by atoms with van der Waals surface area (Å²) < 4.78 is 0. The second-order valence-corrected chi connectivity index (χ2v) is 5.89.